The third-order valence-electron chi connectivity index (χ3n) is 42.2. The van der Waals surface area contributed by atoms with Crippen LogP contribution in [0.4, 0.5) is 0 Å². The molecule has 22 rings (SSSR count). The monoisotopic (exact) mass is 2050 g/mol. The van der Waals surface area contributed by atoms with Crippen molar-refractivity contribution in [1.82, 2.24) is 18.3 Å². The van der Waals surface area contributed by atoms with E-state index in [1.54, 1.807) is 56.7 Å². The molecule has 794 valence electrons. The van der Waals surface area contributed by atoms with Gasteiger partial charge in [0.2, 0.25) is 0 Å². The average molecular weight is 2050 g/mol. The van der Waals surface area contributed by atoms with Crippen LogP contribution in [0.2, 0.25) is 73.5 Å². The van der Waals surface area contributed by atoms with Crippen LogP contribution < -0.4 is 0 Å². The Morgan fingerprint density at radius 1 is 0.277 bits per heavy atom. The van der Waals surface area contributed by atoms with Gasteiger partial charge in [0.05, 0.1) is 0 Å². The van der Waals surface area contributed by atoms with Crippen molar-refractivity contribution < 1.29 is 0 Å². The molecular weight excluding hydrogens is 1850 g/mol. The van der Waals surface area contributed by atoms with Gasteiger partial charge in [0.1, 0.15) is 32.9 Å². The molecule has 8 heteroatoms. The molecule has 0 N–H and O–H groups in total. The Hall–Kier alpha value is -6.83. The molecule has 4 nitrogen and oxygen atoms in total. The van der Waals surface area contributed by atoms with E-state index in [-0.39, 0.29) is 54.9 Å². The van der Waals surface area contributed by atoms with Gasteiger partial charge < -0.3 is 18.3 Å². The maximum Gasteiger partial charge on any atom is 0.133 e. The van der Waals surface area contributed by atoms with Crippen LogP contribution in [0.25, 0.3) is 22.3 Å². The van der Waals surface area contributed by atoms with E-state index in [1.807, 2.05) is 0 Å². The number of fused-ring (bicyclic) bond motifs is 16. The molecule has 0 bridgehead atoms. The van der Waals surface area contributed by atoms with Crippen molar-refractivity contribution in [1.29, 1.82) is 0 Å². The van der Waals surface area contributed by atoms with Crippen LogP contribution >= 0.6 is 0 Å². The summed E-state index contributed by atoms with van der Waals surface area (Å²) in [5.74, 6) is 8.88. The van der Waals surface area contributed by atoms with Crippen molar-refractivity contribution in [2.24, 2.45) is 65.1 Å². The molecule has 0 radical (unpaired) electrons. The molecule has 18 unspecified atom stereocenters. The fourth-order valence-electron chi connectivity index (χ4n) is 38.9. The van der Waals surface area contributed by atoms with Crippen LogP contribution in [-0.2, 0) is 21.7 Å². The summed E-state index contributed by atoms with van der Waals surface area (Å²) in [5.41, 5.74) is 33.5. The van der Waals surface area contributed by atoms with Gasteiger partial charge in [-0.1, -0.05) is 410 Å². The van der Waals surface area contributed by atoms with E-state index in [1.165, 1.54) is 158 Å². The number of rotatable bonds is 13. The number of hydrogen-bond donors (Lipinski definition) is 0. The average Bonchev–Trinajstić information content (AvgIpc) is 1.54. The van der Waals surface area contributed by atoms with Gasteiger partial charge in [-0.2, -0.15) is 0 Å². The second-order valence-electron chi connectivity index (χ2n) is 59.9. The molecule has 148 heavy (non-hydrogen) atoms. The van der Waals surface area contributed by atoms with E-state index < -0.39 is 32.9 Å². The molecule has 0 aromatic heterocycles. The second-order valence-corrected chi connectivity index (χ2v) is 77.7. The minimum absolute atomic E-state index is 0.0613. The fourth-order valence-corrected chi connectivity index (χ4v) is 64.7. The lowest BCUT2D eigenvalue weighted by Gasteiger charge is -2.60. The number of allylic oxidation sites excluding steroid dienone is 16. The van der Waals surface area contributed by atoms with Crippen LogP contribution in [0, 0.1) is 65.1 Å². The highest BCUT2D eigenvalue weighted by Gasteiger charge is 2.66. The molecule has 14 aliphatic carbocycles. The zero-order valence-electron chi connectivity index (χ0n) is 99.4. The Morgan fingerprint density at radius 3 is 0.953 bits per heavy atom. The van der Waals surface area contributed by atoms with Crippen molar-refractivity contribution in [2.75, 3.05) is 0 Å². The van der Waals surface area contributed by atoms with E-state index in [2.05, 4.69) is 495 Å². The summed E-state index contributed by atoms with van der Waals surface area (Å²) < 4.78 is 12.4. The van der Waals surface area contributed by atoms with Crippen molar-refractivity contribution in [3.8, 4) is 0 Å². The Bertz CT molecular complexity index is 6240. The van der Waals surface area contributed by atoms with Crippen LogP contribution in [0.3, 0.4) is 0 Å². The summed E-state index contributed by atoms with van der Waals surface area (Å²) in [6, 6.07) is 76.0. The Labute approximate surface area is 907 Å². The lowest BCUT2D eigenvalue weighted by Crippen LogP contribution is -2.68. The van der Waals surface area contributed by atoms with Crippen LogP contribution in [0.1, 0.15) is 376 Å². The molecular formula is C140H198N4Si4. The first kappa shape index (κ1) is 109. The molecule has 0 spiro atoms. The van der Waals surface area contributed by atoms with Gasteiger partial charge in [0.25, 0.3) is 0 Å². The Balaban J connectivity index is 0.000000124. The number of nitrogens with zero attached hydrogens (tertiary/aromatic N) is 4. The zero-order chi connectivity index (χ0) is 106. The molecule has 7 aromatic rings. The van der Waals surface area contributed by atoms with E-state index >= 15 is 0 Å². The van der Waals surface area contributed by atoms with E-state index in [4.69, 9.17) is 0 Å². The predicted octanol–water partition coefficient (Wildman–Crippen LogP) is 38.1. The first-order valence-electron chi connectivity index (χ1n) is 59.8. The number of hydrogen-bond acceptors (Lipinski definition) is 4. The summed E-state index contributed by atoms with van der Waals surface area (Å²) in [7, 11) is -7.34. The smallest absolute Gasteiger partial charge is 0.133 e. The highest BCUT2D eigenvalue weighted by molar-refractivity contribution is 6.79. The van der Waals surface area contributed by atoms with Crippen LogP contribution in [-0.4, -0.2) is 96.5 Å². The molecule has 15 aliphatic rings. The largest absolute Gasteiger partial charge is 0.316 e. The minimum atomic E-state index is -1.93. The van der Waals surface area contributed by atoms with Gasteiger partial charge in [-0.15, -0.1) is 0 Å². The molecule has 18 atom stereocenters. The first-order valence-corrected chi connectivity index (χ1v) is 71.3. The molecule has 0 amide bonds. The lowest BCUT2D eigenvalue weighted by atomic mass is 9.73. The van der Waals surface area contributed by atoms with Gasteiger partial charge in [0, 0.05) is 67.0 Å². The van der Waals surface area contributed by atoms with Crippen LogP contribution in [0.5, 0.6) is 0 Å². The standard InChI is InChI=1S/C36H49NSi.C35H53NSi.C35H49NSi.C34H47NSi/c1-35(2,3)37(26-18-12-9-13-19-26)38(6,7)34-24-28(25-16-10-8-11-17-25)29-23-33-30(22-31(29)34)27-20-14-15-21-32(27)36(33,4)5;1-24-25(2)33(30-22-29-27-18-12-13-19-31(27)35(6,7)32(29)23-28(24)30)37(20-14-9-15-21-37)36(34(3,4)5)26-16-10-8-11-17-26;1-23-31(24-17-13-12-14-18-24)27-22-30-26(25-19-15-16-20-29(25)35(30,8)9)21-28(27)32(23)37(10,11)36(33(2,3)4)34(5,6)7;1-32(2,3)35(33(4,5)6)36(9,10)31-22-25(23-16-12-11-13-17-23)26-21-30-27(20-28(26)31)24-18-14-15-19-29(24)34(30,7)8/h8,10-11,14-17,20-23,26,28-29,31,34H,9,12-13,18-19,24H2,1-7H3;12-13,18-19,22-26,28,30,33H,8-11,14-17,20-21H2,1-7H3;12-23,27-28,31-32H,1-11H3;11-21,25-26,28,31H,22H2,1-10H3. The lowest BCUT2D eigenvalue weighted by molar-refractivity contribution is 0.120. The van der Waals surface area contributed by atoms with Crippen molar-refractivity contribution in [2.45, 2.75) is 455 Å². The number of benzene rings is 7. The first-order chi connectivity index (χ1) is 69.3. The molecule has 1 aliphatic heterocycles. The molecule has 7 aromatic carbocycles. The van der Waals surface area contributed by atoms with E-state index in [9.17, 15) is 0 Å². The third kappa shape index (κ3) is 18.9. The summed E-state index contributed by atoms with van der Waals surface area (Å²) in [6.45, 7) is 88.1. The van der Waals surface area contributed by atoms with Gasteiger partial charge >= 0.3 is 0 Å². The normalized spacial score (nSPS) is 30.0. The van der Waals surface area contributed by atoms with Crippen molar-refractivity contribution in [3.05, 3.63) is 320 Å². The van der Waals surface area contributed by atoms with Crippen molar-refractivity contribution in [3.63, 3.8) is 0 Å². The summed E-state index contributed by atoms with van der Waals surface area (Å²) in [5, 5.41) is 0. The summed E-state index contributed by atoms with van der Waals surface area (Å²) >= 11 is 0. The molecule has 7 fully saturated rings. The SMILES string of the molecule is CC1(C)C2=CC3C(c4ccccc4)CC([Si](C)(C)N(C(C)(C)C)C(C)(C)C)C3C=C2c2ccccc21.CC1(C)C2=CC3C(c4ccccc4)CC([Si](C)(C)N(C4CCCCC4)C(C)(C)C)C3C=C2c2ccccc21.CC1C(C)C([Si]2(N(C3CCCCC3)C(C)(C)C)CCCCC2)C2C=C3C(=CC12)C(C)(C)c1ccccc13.CC1C(c2ccccc2)C2C=C3C(=CC2C1[Si](C)(C)N(C(C)(C)C)C(C)(C)C)c1ccccc1C3(C)C. The van der Waals surface area contributed by atoms with Crippen LogP contribution in [0.15, 0.2) is 259 Å². The Morgan fingerprint density at radius 2 is 0.588 bits per heavy atom. The highest BCUT2D eigenvalue weighted by Crippen LogP contribution is 2.71. The topological polar surface area (TPSA) is 13.0 Å². The summed E-state index contributed by atoms with van der Waals surface area (Å²) in [6.07, 6.45) is 43.6. The van der Waals surface area contributed by atoms with Crippen molar-refractivity contribution >= 4 is 55.2 Å². The summed E-state index contributed by atoms with van der Waals surface area (Å²) in [4.78, 5) is 0. The van der Waals surface area contributed by atoms with Gasteiger partial charge in [0.15, 0.2) is 0 Å². The van der Waals surface area contributed by atoms with E-state index in [0.717, 1.165) is 40.9 Å². The minimum Gasteiger partial charge on any atom is -0.316 e. The predicted molar refractivity (Wildman–Crippen MR) is 651 cm³/mol. The van der Waals surface area contributed by atoms with Gasteiger partial charge in [-0.25, -0.2) is 0 Å². The third-order valence-corrected chi connectivity index (χ3v) is 63.5. The van der Waals surface area contributed by atoms with E-state index in [0.29, 0.717) is 76.2 Å². The quantitative estimate of drug-likeness (QED) is 0.107. The molecule has 1 heterocycles. The second kappa shape index (κ2) is 39.5. The zero-order valence-corrected chi connectivity index (χ0v) is 103. The highest BCUT2D eigenvalue weighted by atomic mass is 28.3. The van der Waals surface area contributed by atoms with Gasteiger partial charge in [-0.05, 0) is 386 Å². The maximum absolute atomic E-state index is 3.32. The van der Waals surface area contributed by atoms with Gasteiger partial charge in [-0.3, -0.25) is 0 Å². The molecule has 6 saturated carbocycles. The maximum atomic E-state index is 3.32. The molecule has 1 saturated heterocycles. The Kier molecular flexibility index (Phi) is 29.2. The fraction of sp³-hybridized carbons (Fsp3) is 0.586.